The van der Waals surface area contributed by atoms with Crippen LogP contribution in [-0.2, 0) is 4.79 Å². The highest BCUT2D eigenvalue weighted by Gasteiger charge is 2.04. The minimum atomic E-state index is -0.160. The molecule has 0 bridgehead atoms. The second-order valence-corrected chi connectivity index (χ2v) is 6.19. The van der Waals surface area contributed by atoms with Crippen molar-refractivity contribution >= 4 is 35.0 Å². The summed E-state index contributed by atoms with van der Waals surface area (Å²) in [5.41, 5.74) is 4.18. The Morgan fingerprint density at radius 3 is 2.70 bits per heavy atom. The maximum atomic E-state index is 11.9. The monoisotopic (exact) mass is 348 g/mol. The lowest BCUT2D eigenvalue weighted by molar-refractivity contribution is -0.118. The van der Waals surface area contributed by atoms with Gasteiger partial charge in [0.15, 0.2) is 0 Å². The van der Waals surface area contributed by atoms with Gasteiger partial charge < -0.3 is 4.74 Å². The molecule has 1 amide bonds. The summed E-state index contributed by atoms with van der Waals surface area (Å²) in [6.07, 6.45) is 0. The summed E-state index contributed by atoms with van der Waals surface area (Å²) in [5, 5.41) is 4.80. The van der Waals surface area contributed by atoms with E-state index in [-0.39, 0.29) is 11.7 Å². The minimum absolute atomic E-state index is 0.160. The second-order valence-electron chi connectivity index (χ2n) is 4.71. The zero-order valence-electron chi connectivity index (χ0n) is 12.9. The van der Waals surface area contributed by atoms with Gasteiger partial charge in [-0.25, -0.2) is 5.43 Å². The van der Waals surface area contributed by atoms with Crippen molar-refractivity contribution in [1.29, 1.82) is 0 Å². The first-order valence-electron chi connectivity index (χ1n) is 6.94. The molecule has 0 radical (unpaired) electrons. The van der Waals surface area contributed by atoms with Crippen LogP contribution in [0.2, 0.25) is 5.02 Å². The van der Waals surface area contributed by atoms with Gasteiger partial charge in [0, 0.05) is 15.5 Å². The average molecular weight is 349 g/mol. The van der Waals surface area contributed by atoms with Crippen LogP contribution in [0.3, 0.4) is 0 Å². The smallest absolute Gasteiger partial charge is 0.250 e. The lowest BCUT2D eigenvalue weighted by atomic mass is 10.1. The van der Waals surface area contributed by atoms with Gasteiger partial charge in [0.25, 0.3) is 0 Å². The van der Waals surface area contributed by atoms with E-state index in [1.54, 1.807) is 19.2 Å². The van der Waals surface area contributed by atoms with Gasteiger partial charge in [-0.3, -0.25) is 4.79 Å². The van der Waals surface area contributed by atoms with Crippen molar-refractivity contribution < 1.29 is 9.53 Å². The summed E-state index contributed by atoms with van der Waals surface area (Å²) in [5.74, 6) is 0.880. The number of halogens is 1. The van der Waals surface area contributed by atoms with Crippen LogP contribution in [-0.4, -0.2) is 24.5 Å². The molecule has 0 aliphatic rings. The summed E-state index contributed by atoms with van der Waals surface area (Å²) in [6.45, 7) is 1.83. The zero-order valence-corrected chi connectivity index (χ0v) is 14.4. The molecular weight excluding hydrogens is 332 g/mol. The van der Waals surface area contributed by atoms with Gasteiger partial charge in [0.05, 0.1) is 18.6 Å². The lowest BCUT2D eigenvalue weighted by Crippen LogP contribution is -2.21. The van der Waals surface area contributed by atoms with E-state index in [9.17, 15) is 4.79 Å². The van der Waals surface area contributed by atoms with Crippen molar-refractivity contribution in [2.24, 2.45) is 5.10 Å². The number of hydrogen-bond acceptors (Lipinski definition) is 4. The molecule has 1 N–H and O–H groups in total. The zero-order chi connectivity index (χ0) is 16.7. The molecule has 0 aliphatic carbocycles. The van der Waals surface area contributed by atoms with Gasteiger partial charge in [-0.1, -0.05) is 23.7 Å². The van der Waals surface area contributed by atoms with Crippen molar-refractivity contribution in [1.82, 2.24) is 5.43 Å². The van der Waals surface area contributed by atoms with E-state index in [1.807, 2.05) is 43.3 Å². The highest BCUT2D eigenvalue weighted by Crippen LogP contribution is 2.20. The topological polar surface area (TPSA) is 50.7 Å². The van der Waals surface area contributed by atoms with E-state index in [1.165, 1.54) is 11.8 Å². The summed E-state index contributed by atoms with van der Waals surface area (Å²) in [6, 6.07) is 14.9. The number of hydrazone groups is 1. The highest BCUT2D eigenvalue weighted by atomic mass is 35.5. The molecule has 0 aliphatic heterocycles. The Morgan fingerprint density at radius 2 is 2.00 bits per heavy atom. The standard InChI is InChI=1S/C17H17ClN2O2S/c1-12(13-4-3-5-15(10-13)22-2)19-20-17(21)11-23-16-8-6-14(18)7-9-16/h3-10H,11H2,1-2H3,(H,20,21)/b19-12+. The number of methoxy groups -OCH3 is 1. The van der Waals surface area contributed by atoms with Crippen LogP contribution >= 0.6 is 23.4 Å². The molecule has 0 saturated heterocycles. The van der Waals surface area contributed by atoms with Crippen molar-refractivity contribution in [2.45, 2.75) is 11.8 Å². The maximum Gasteiger partial charge on any atom is 0.250 e. The molecule has 6 heteroatoms. The molecule has 2 aromatic rings. The maximum absolute atomic E-state index is 11.9. The Hall–Kier alpha value is -1.98. The third kappa shape index (κ3) is 5.62. The van der Waals surface area contributed by atoms with E-state index in [0.717, 1.165) is 16.2 Å². The number of carbonyl (C=O) groups is 1. The summed E-state index contributed by atoms with van der Waals surface area (Å²) < 4.78 is 5.17. The molecule has 0 fully saturated rings. The molecule has 23 heavy (non-hydrogen) atoms. The van der Waals surface area contributed by atoms with Crippen LogP contribution in [0.5, 0.6) is 5.75 Å². The predicted octanol–water partition coefficient (Wildman–Crippen LogP) is 3.98. The van der Waals surface area contributed by atoms with Crippen molar-refractivity contribution in [3.05, 3.63) is 59.1 Å². The van der Waals surface area contributed by atoms with Gasteiger partial charge in [-0.05, 0) is 43.3 Å². The molecule has 0 spiro atoms. The van der Waals surface area contributed by atoms with Crippen molar-refractivity contribution in [3.8, 4) is 5.75 Å². The molecule has 0 atom stereocenters. The fourth-order valence-corrected chi connectivity index (χ4v) is 2.59. The predicted molar refractivity (Wildman–Crippen MR) is 95.5 cm³/mol. The fraction of sp³-hybridized carbons (Fsp3) is 0.176. The third-order valence-corrected chi connectivity index (χ3v) is 4.28. The number of rotatable bonds is 6. The Morgan fingerprint density at radius 1 is 1.26 bits per heavy atom. The number of hydrogen-bond donors (Lipinski definition) is 1. The largest absolute Gasteiger partial charge is 0.497 e. The van der Waals surface area contributed by atoms with Gasteiger partial charge in [-0.2, -0.15) is 5.10 Å². The van der Waals surface area contributed by atoms with E-state index in [2.05, 4.69) is 10.5 Å². The molecule has 0 saturated carbocycles. The minimum Gasteiger partial charge on any atom is -0.497 e. The van der Waals surface area contributed by atoms with E-state index >= 15 is 0 Å². The Balaban J connectivity index is 1.88. The Bertz CT molecular complexity index is 702. The molecular formula is C17H17ClN2O2S. The van der Waals surface area contributed by atoms with Gasteiger partial charge in [0.2, 0.25) is 5.91 Å². The number of nitrogens with zero attached hydrogens (tertiary/aromatic N) is 1. The van der Waals surface area contributed by atoms with E-state index in [0.29, 0.717) is 10.7 Å². The first-order valence-corrected chi connectivity index (χ1v) is 8.31. The SMILES string of the molecule is COc1cccc(/C(C)=N/NC(=O)CSc2ccc(Cl)cc2)c1. The average Bonchev–Trinajstić information content (AvgIpc) is 2.59. The third-order valence-electron chi connectivity index (χ3n) is 3.02. The molecule has 0 heterocycles. The fourth-order valence-electron chi connectivity index (χ4n) is 1.77. The van der Waals surface area contributed by atoms with Gasteiger partial charge in [-0.15, -0.1) is 11.8 Å². The quantitative estimate of drug-likeness (QED) is 0.488. The molecule has 120 valence electrons. The van der Waals surface area contributed by atoms with Crippen LogP contribution in [0.15, 0.2) is 58.5 Å². The first kappa shape index (κ1) is 17.4. The molecule has 0 aromatic heterocycles. The van der Waals surface area contributed by atoms with Crippen LogP contribution in [0.1, 0.15) is 12.5 Å². The Kier molecular flexibility index (Phi) is 6.50. The Labute approximate surface area is 144 Å². The number of thioether (sulfide) groups is 1. The summed E-state index contributed by atoms with van der Waals surface area (Å²) >= 11 is 7.25. The van der Waals surface area contributed by atoms with Crippen LogP contribution < -0.4 is 10.2 Å². The number of nitrogens with one attached hydrogen (secondary N) is 1. The number of amides is 1. The normalized spacial score (nSPS) is 11.2. The van der Waals surface area contributed by atoms with E-state index < -0.39 is 0 Å². The van der Waals surface area contributed by atoms with Crippen molar-refractivity contribution in [2.75, 3.05) is 12.9 Å². The van der Waals surface area contributed by atoms with Crippen LogP contribution in [0, 0.1) is 0 Å². The van der Waals surface area contributed by atoms with Gasteiger partial charge >= 0.3 is 0 Å². The number of carbonyl (C=O) groups excluding carboxylic acids is 1. The lowest BCUT2D eigenvalue weighted by Gasteiger charge is -2.05. The summed E-state index contributed by atoms with van der Waals surface area (Å²) in [7, 11) is 1.61. The highest BCUT2D eigenvalue weighted by molar-refractivity contribution is 8.00. The van der Waals surface area contributed by atoms with Crippen molar-refractivity contribution in [3.63, 3.8) is 0 Å². The molecule has 2 aromatic carbocycles. The van der Waals surface area contributed by atoms with Gasteiger partial charge in [0.1, 0.15) is 5.75 Å². The first-order chi connectivity index (χ1) is 11.1. The van der Waals surface area contributed by atoms with E-state index in [4.69, 9.17) is 16.3 Å². The second kappa shape index (κ2) is 8.60. The summed E-state index contributed by atoms with van der Waals surface area (Å²) in [4.78, 5) is 12.8. The number of ether oxygens (including phenoxy) is 1. The molecule has 2 rings (SSSR count). The molecule has 4 nitrogen and oxygen atoms in total. The van der Waals surface area contributed by atoms with Crippen LogP contribution in [0.25, 0.3) is 0 Å². The number of benzene rings is 2. The molecule has 0 unspecified atom stereocenters. The van der Waals surface area contributed by atoms with Crippen LogP contribution in [0.4, 0.5) is 0 Å².